The molecule has 0 bridgehead atoms. The molecule has 0 amide bonds. The van der Waals surface area contributed by atoms with Gasteiger partial charge in [0, 0.05) is 0 Å². The second-order valence-corrected chi connectivity index (χ2v) is 7.41. The van der Waals surface area contributed by atoms with Crippen LogP contribution in [0.1, 0.15) is 18.1 Å². The minimum atomic E-state index is -1.88. The number of rotatable bonds is 4. The third kappa shape index (κ3) is 3.76. The SMILES string of the molecule is Cc1cc(-c2ccc(O[C@H]3OC(CO)[C@@H](O)C(O)[C@]3(C)O)c(C)c2)ccc1F. The van der Waals surface area contributed by atoms with E-state index in [2.05, 4.69) is 0 Å². The first kappa shape index (κ1) is 20.7. The van der Waals surface area contributed by atoms with Crippen molar-refractivity contribution in [2.24, 2.45) is 0 Å². The van der Waals surface area contributed by atoms with Crippen LogP contribution < -0.4 is 4.74 Å². The Morgan fingerprint density at radius 2 is 1.68 bits per heavy atom. The average molecular weight is 392 g/mol. The summed E-state index contributed by atoms with van der Waals surface area (Å²) >= 11 is 0. The molecule has 28 heavy (non-hydrogen) atoms. The molecule has 2 aromatic carbocycles. The monoisotopic (exact) mass is 392 g/mol. The van der Waals surface area contributed by atoms with Crippen molar-refractivity contribution in [2.45, 2.75) is 51.0 Å². The molecule has 0 aromatic heterocycles. The van der Waals surface area contributed by atoms with E-state index in [4.69, 9.17) is 9.47 Å². The van der Waals surface area contributed by atoms with Crippen LogP contribution in [-0.4, -0.2) is 57.2 Å². The first-order chi connectivity index (χ1) is 13.1. The summed E-state index contributed by atoms with van der Waals surface area (Å²) in [5.41, 5.74) is 1.12. The van der Waals surface area contributed by atoms with Gasteiger partial charge in [-0.1, -0.05) is 12.1 Å². The topological polar surface area (TPSA) is 99.4 Å². The molecule has 0 spiro atoms. The summed E-state index contributed by atoms with van der Waals surface area (Å²) in [6.07, 6.45) is -5.36. The predicted molar refractivity (Wildman–Crippen MR) is 100 cm³/mol. The maximum absolute atomic E-state index is 13.5. The molecule has 1 heterocycles. The Kier molecular flexibility index (Phi) is 5.74. The van der Waals surface area contributed by atoms with Crippen molar-refractivity contribution >= 4 is 0 Å². The molecule has 3 rings (SSSR count). The van der Waals surface area contributed by atoms with Gasteiger partial charge in [-0.2, -0.15) is 0 Å². The van der Waals surface area contributed by atoms with E-state index in [1.54, 1.807) is 31.2 Å². The second-order valence-electron chi connectivity index (χ2n) is 7.41. The van der Waals surface area contributed by atoms with Gasteiger partial charge >= 0.3 is 0 Å². The zero-order chi connectivity index (χ0) is 20.6. The number of hydrogen-bond donors (Lipinski definition) is 4. The summed E-state index contributed by atoms with van der Waals surface area (Å²) in [5.74, 6) is 0.143. The molecular formula is C21H25FO6. The molecule has 5 atom stereocenters. The van der Waals surface area contributed by atoms with E-state index < -0.39 is 36.8 Å². The fourth-order valence-corrected chi connectivity index (χ4v) is 3.26. The Morgan fingerprint density at radius 3 is 2.25 bits per heavy atom. The largest absolute Gasteiger partial charge is 0.461 e. The Hall–Kier alpha value is -2.03. The highest BCUT2D eigenvalue weighted by Gasteiger charge is 2.53. The van der Waals surface area contributed by atoms with E-state index in [9.17, 15) is 24.8 Å². The van der Waals surface area contributed by atoms with Crippen LogP contribution in [0.3, 0.4) is 0 Å². The quantitative estimate of drug-likeness (QED) is 0.632. The van der Waals surface area contributed by atoms with Gasteiger partial charge in [0.2, 0.25) is 6.29 Å². The summed E-state index contributed by atoms with van der Waals surface area (Å²) in [4.78, 5) is 0. The molecule has 6 nitrogen and oxygen atoms in total. The number of benzene rings is 2. The molecule has 1 saturated heterocycles. The Labute approximate surface area is 162 Å². The van der Waals surface area contributed by atoms with Crippen LogP contribution in [0, 0.1) is 19.7 Å². The first-order valence-corrected chi connectivity index (χ1v) is 9.03. The molecule has 0 radical (unpaired) electrons. The van der Waals surface area contributed by atoms with E-state index in [1.807, 2.05) is 13.0 Å². The molecule has 0 saturated carbocycles. The predicted octanol–water partition coefficient (Wildman–Crippen LogP) is 1.68. The van der Waals surface area contributed by atoms with Crippen LogP contribution in [-0.2, 0) is 4.74 Å². The minimum Gasteiger partial charge on any atom is -0.461 e. The van der Waals surface area contributed by atoms with Gasteiger partial charge < -0.3 is 29.9 Å². The third-order valence-corrected chi connectivity index (χ3v) is 5.16. The molecule has 2 aromatic rings. The normalized spacial score (nSPS) is 30.3. The van der Waals surface area contributed by atoms with Crippen molar-refractivity contribution in [3.63, 3.8) is 0 Å². The lowest BCUT2D eigenvalue weighted by Crippen LogP contribution is -2.66. The maximum Gasteiger partial charge on any atom is 0.231 e. The van der Waals surface area contributed by atoms with Gasteiger partial charge in [-0.3, -0.25) is 0 Å². The highest BCUT2D eigenvalue weighted by molar-refractivity contribution is 5.66. The fourth-order valence-electron chi connectivity index (χ4n) is 3.26. The fraction of sp³-hybridized carbons (Fsp3) is 0.429. The molecule has 1 aliphatic rings. The van der Waals surface area contributed by atoms with Crippen molar-refractivity contribution < 1.29 is 34.3 Å². The number of aryl methyl sites for hydroxylation is 2. The van der Waals surface area contributed by atoms with Gasteiger partial charge in [0.1, 0.15) is 29.9 Å². The van der Waals surface area contributed by atoms with Crippen molar-refractivity contribution in [3.8, 4) is 16.9 Å². The molecule has 1 aliphatic heterocycles. The lowest BCUT2D eigenvalue weighted by atomic mass is 9.88. The van der Waals surface area contributed by atoms with Gasteiger partial charge in [0.15, 0.2) is 5.60 Å². The summed E-state index contributed by atoms with van der Waals surface area (Å²) < 4.78 is 24.7. The molecule has 152 valence electrons. The maximum atomic E-state index is 13.5. The lowest BCUT2D eigenvalue weighted by Gasteiger charge is -2.45. The van der Waals surface area contributed by atoms with Crippen molar-refractivity contribution in [1.82, 2.24) is 0 Å². The number of hydrogen-bond acceptors (Lipinski definition) is 6. The zero-order valence-corrected chi connectivity index (χ0v) is 16.0. The van der Waals surface area contributed by atoms with E-state index >= 15 is 0 Å². The van der Waals surface area contributed by atoms with Crippen molar-refractivity contribution in [3.05, 3.63) is 53.3 Å². The summed E-state index contributed by atoms with van der Waals surface area (Å²) in [5, 5.41) is 40.0. The van der Waals surface area contributed by atoms with Crippen molar-refractivity contribution in [1.29, 1.82) is 0 Å². The Bertz CT molecular complexity index is 853. The van der Waals surface area contributed by atoms with Crippen molar-refractivity contribution in [2.75, 3.05) is 6.61 Å². The molecular weight excluding hydrogens is 367 g/mol. The lowest BCUT2D eigenvalue weighted by molar-refractivity contribution is -0.314. The van der Waals surface area contributed by atoms with Gasteiger partial charge in [0.25, 0.3) is 0 Å². The first-order valence-electron chi connectivity index (χ1n) is 9.03. The van der Waals surface area contributed by atoms with Crippen LogP contribution in [0.5, 0.6) is 5.75 Å². The summed E-state index contributed by atoms with van der Waals surface area (Å²) in [7, 11) is 0. The average Bonchev–Trinajstić information content (AvgIpc) is 2.66. The van der Waals surface area contributed by atoms with Crippen LogP contribution in [0.25, 0.3) is 11.1 Å². The standard InChI is InChI=1S/C21H25FO6/c1-11-8-13(4-6-15(11)22)14-5-7-16(12(2)9-14)27-20-21(3,26)19(25)18(24)17(10-23)28-20/h4-9,17-20,23-26H,10H2,1-3H3/t17?,18-,19?,20+,21+/m1/s1. The van der Waals surface area contributed by atoms with Gasteiger partial charge in [0.05, 0.1) is 6.61 Å². The van der Waals surface area contributed by atoms with Crippen LogP contribution in [0.4, 0.5) is 4.39 Å². The van der Waals surface area contributed by atoms with E-state index in [1.165, 1.54) is 13.0 Å². The number of aliphatic hydroxyl groups excluding tert-OH is 3. The van der Waals surface area contributed by atoms with Gasteiger partial charge in [-0.05, 0) is 67.3 Å². The van der Waals surface area contributed by atoms with E-state index in [0.29, 0.717) is 11.3 Å². The molecule has 2 unspecified atom stereocenters. The van der Waals surface area contributed by atoms with Crippen LogP contribution in [0.15, 0.2) is 36.4 Å². The van der Waals surface area contributed by atoms with Gasteiger partial charge in [-0.25, -0.2) is 4.39 Å². The van der Waals surface area contributed by atoms with E-state index in [0.717, 1.165) is 16.7 Å². The summed E-state index contributed by atoms with van der Waals surface area (Å²) in [6.45, 7) is 4.27. The zero-order valence-electron chi connectivity index (χ0n) is 16.0. The Balaban J connectivity index is 1.85. The highest BCUT2D eigenvalue weighted by atomic mass is 19.1. The molecule has 1 fully saturated rings. The third-order valence-electron chi connectivity index (χ3n) is 5.16. The smallest absolute Gasteiger partial charge is 0.231 e. The number of ether oxygens (including phenoxy) is 2. The molecule has 0 aliphatic carbocycles. The Morgan fingerprint density at radius 1 is 1.07 bits per heavy atom. The van der Waals surface area contributed by atoms with Crippen LogP contribution in [0.2, 0.25) is 0 Å². The minimum absolute atomic E-state index is 0.267. The molecule has 7 heteroatoms. The number of halogens is 1. The highest BCUT2D eigenvalue weighted by Crippen LogP contribution is 2.34. The number of aliphatic hydroxyl groups is 4. The van der Waals surface area contributed by atoms with Crippen LogP contribution >= 0.6 is 0 Å². The summed E-state index contributed by atoms with van der Waals surface area (Å²) in [6, 6.07) is 10.2. The van der Waals surface area contributed by atoms with Gasteiger partial charge in [-0.15, -0.1) is 0 Å². The van der Waals surface area contributed by atoms with E-state index in [-0.39, 0.29) is 5.82 Å². The second kappa shape index (κ2) is 7.77. The molecule has 4 N–H and O–H groups in total.